The van der Waals surface area contributed by atoms with Crippen molar-refractivity contribution in [2.24, 2.45) is 17.8 Å². The van der Waals surface area contributed by atoms with Crippen LogP contribution in [-0.4, -0.2) is 17.8 Å². The zero-order valence-corrected chi connectivity index (χ0v) is 9.10. The van der Waals surface area contributed by atoms with Crippen molar-refractivity contribution in [1.82, 2.24) is 0 Å². The Morgan fingerprint density at radius 1 is 1.43 bits per heavy atom. The molecule has 0 N–H and O–H groups in total. The summed E-state index contributed by atoms with van der Waals surface area (Å²) in [4.78, 5) is 20.8. The Kier molecular flexibility index (Phi) is 6.08. The molecule has 0 aliphatic carbocycles. The average molecular weight is 201 g/mol. The summed E-state index contributed by atoms with van der Waals surface area (Å²) in [6.45, 7) is 5.84. The molecule has 4 nitrogen and oxygen atoms in total. The summed E-state index contributed by atoms with van der Waals surface area (Å²) in [5, 5.41) is 10.4. The standard InChI is InChI=1S/C10H19NO3/c1-4-9(7-12)10(5-8(2)3)6-11(13)14/h7-10H,4-6H2,1-3H3/t9-,10+/m0/s1. The van der Waals surface area contributed by atoms with Gasteiger partial charge in [-0.1, -0.05) is 20.8 Å². The maximum Gasteiger partial charge on any atom is 0.207 e. The molecule has 0 spiro atoms. The Labute approximate surface area is 84.8 Å². The molecular formula is C10H19NO3. The van der Waals surface area contributed by atoms with Gasteiger partial charge in [-0.05, 0) is 18.8 Å². The van der Waals surface area contributed by atoms with E-state index >= 15 is 0 Å². The molecule has 14 heavy (non-hydrogen) atoms. The minimum absolute atomic E-state index is 0.0879. The Bertz CT molecular complexity index is 192. The van der Waals surface area contributed by atoms with Gasteiger partial charge in [0, 0.05) is 16.8 Å². The highest BCUT2D eigenvalue weighted by atomic mass is 16.6. The molecule has 0 rings (SSSR count). The predicted molar refractivity (Wildman–Crippen MR) is 54.7 cm³/mol. The Hall–Kier alpha value is -0.930. The van der Waals surface area contributed by atoms with Crippen molar-refractivity contribution in [3.8, 4) is 0 Å². The molecule has 0 heterocycles. The van der Waals surface area contributed by atoms with Crippen molar-refractivity contribution in [1.29, 1.82) is 0 Å². The SMILES string of the molecule is CC[C@@H](C=O)[C@H](CC(C)C)C[N+](=O)[O-]. The highest BCUT2D eigenvalue weighted by Crippen LogP contribution is 2.22. The van der Waals surface area contributed by atoms with Crippen molar-refractivity contribution in [2.45, 2.75) is 33.6 Å². The summed E-state index contributed by atoms with van der Waals surface area (Å²) in [7, 11) is 0. The van der Waals surface area contributed by atoms with Gasteiger partial charge in [0.15, 0.2) is 0 Å². The number of nitrogens with zero attached hydrogens (tertiary/aromatic N) is 1. The maximum absolute atomic E-state index is 10.7. The highest BCUT2D eigenvalue weighted by molar-refractivity contribution is 5.53. The summed E-state index contributed by atoms with van der Waals surface area (Å²) < 4.78 is 0. The van der Waals surface area contributed by atoms with Gasteiger partial charge in [0.25, 0.3) is 0 Å². The number of carbonyl (C=O) groups excluding carboxylic acids is 1. The molecule has 0 aliphatic rings. The lowest BCUT2D eigenvalue weighted by Crippen LogP contribution is -2.25. The van der Waals surface area contributed by atoms with Crippen LogP contribution in [0.3, 0.4) is 0 Å². The molecule has 0 aromatic carbocycles. The van der Waals surface area contributed by atoms with Crippen LogP contribution in [0.4, 0.5) is 0 Å². The largest absolute Gasteiger partial charge is 0.303 e. The first-order valence-electron chi connectivity index (χ1n) is 5.08. The molecule has 0 aromatic heterocycles. The van der Waals surface area contributed by atoms with E-state index in [1.165, 1.54) is 0 Å². The monoisotopic (exact) mass is 201 g/mol. The fraction of sp³-hybridized carbons (Fsp3) is 0.900. The fourth-order valence-corrected chi connectivity index (χ4v) is 1.72. The topological polar surface area (TPSA) is 60.2 Å². The van der Waals surface area contributed by atoms with E-state index in [-0.39, 0.29) is 23.3 Å². The molecule has 4 heteroatoms. The van der Waals surface area contributed by atoms with Crippen LogP contribution in [0.2, 0.25) is 0 Å². The average Bonchev–Trinajstić information content (AvgIpc) is 2.03. The van der Waals surface area contributed by atoms with Gasteiger partial charge in [-0.15, -0.1) is 0 Å². The minimum atomic E-state index is -0.320. The summed E-state index contributed by atoms with van der Waals surface area (Å²) in [6, 6.07) is 0. The van der Waals surface area contributed by atoms with Crippen LogP contribution < -0.4 is 0 Å². The minimum Gasteiger partial charge on any atom is -0.303 e. The van der Waals surface area contributed by atoms with E-state index in [1.807, 2.05) is 20.8 Å². The molecule has 0 saturated heterocycles. The highest BCUT2D eigenvalue weighted by Gasteiger charge is 2.25. The molecule has 0 fully saturated rings. The van der Waals surface area contributed by atoms with E-state index < -0.39 is 0 Å². The molecule has 0 aliphatic heterocycles. The zero-order valence-electron chi connectivity index (χ0n) is 9.10. The van der Waals surface area contributed by atoms with Gasteiger partial charge in [-0.3, -0.25) is 10.1 Å². The number of hydrogen-bond acceptors (Lipinski definition) is 3. The predicted octanol–water partition coefficient (Wildman–Crippen LogP) is 2.15. The van der Waals surface area contributed by atoms with Crippen LogP contribution in [0.1, 0.15) is 33.6 Å². The third kappa shape index (κ3) is 4.94. The van der Waals surface area contributed by atoms with E-state index in [0.717, 1.165) is 12.7 Å². The van der Waals surface area contributed by atoms with E-state index in [4.69, 9.17) is 0 Å². The van der Waals surface area contributed by atoms with E-state index in [0.29, 0.717) is 12.3 Å². The first-order chi connectivity index (χ1) is 6.51. The van der Waals surface area contributed by atoms with Crippen LogP contribution in [-0.2, 0) is 4.79 Å². The van der Waals surface area contributed by atoms with Crippen molar-refractivity contribution in [2.75, 3.05) is 6.54 Å². The van der Waals surface area contributed by atoms with Gasteiger partial charge in [-0.2, -0.15) is 0 Å². The van der Waals surface area contributed by atoms with Gasteiger partial charge in [0.1, 0.15) is 6.29 Å². The number of hydrogen-bond donors (Lipinski definition) is 0. The summed E-state index contributed by atoms with van der Waals surface area (Å²) >= 11 is 0. The Morgan fingerprint density at radius 2 is 2.00 bits per heavy atom. The molecule has 0 unspecified atom stereocenters. The number of aldehydes is 1. The summed E-state index contributed by atoms with van der Waals surface area (Å²) in [5.41, 5.74) is 0. The normalized spacial score (nSPS) is 15.1. The van der Waals surface area contributed by atoms with Crippen molar-refractivity contribution < 1.29 is 9.72 Å². The quantitative estimate of drug-likeness (QED) is 0.360. The number of rotatable bonds is 7. The molecule has 0 amide bonds. The number of carbonyl (C=O) groups is 1. The first-order valence-corrected chi connectivity index (χ1v) is 5.08. The third-order valence-corrected chi connectivity index (χ3v) is 2.41. The van der Waals surface area contributed by atoms with E-state index in [2.05, 4.69) is 0 Å². The molecule has 2 atom stereocenters. The summed E-state index contributed by atoms with van der Waals surface area (Å²) in [6.07, 6.45) is 2.30. The smallest absolute Gasteiger partial charge is 0.207 e. The lowest BCUT2D eigenvalue weighted by Gasteiger charge is -2.19. The third-order valence-electron chi connectivity index (χ3n) is 2.41. The Balaban J connectivity index is 4.35. The zero-order chi connectivity index (χ0) is 11.1. The van der Waals surface area contributed by atoms with Gasteiger partial charge < -0.3 is 4.79 Å². The molecule has 0 bridgehead atoms. The van der Waals surface area contributed by atoms with E-state index in [1.54, 1.807) is 0 Å². The van der Waals surface area contributed by atoms with Crippen LogP contribution in [0.5, 0.6) is 0 Å². The van der Waals surface area contributed by atoms with Crippen molar-refractivity contribution >= 4 is 6.29 Å². The van der Waals surface area contributed by atoms with Crippen molar-refractivity contribution in [3.05, 3.63) is 10.1 Å². The van der Waals surface area contributed by atoms with E-state index in [9.17, 15) is 14.9 Å². The second kappa shape index (κ2) is 6.51. The van der Waals surface area contributed by atoms with Gasteiger partial charge >= 0.3 is 0 Å². The van der Waals surface area contributed by atoms with Crippen LogP contribution >= 0.6 is 0 Å². The first kappa shape index (κ1) is 13.1. The van der Waals surface area contributed by atoms with Crippen LogP contribution in [0, 0.1) is 27.9 Å². The lowest BCUT2D eigenvalue weighted by molar-refractivity contribution is -0.489. The second-order valence-corrected chi connectivity index (χ2v) is 4.11. The van der Waals surface area contributed by atoms with Crippen LogP contribution in [0.15, 0.2) is 0 Å². The molecule has 0 saturated carbocycles. The fourth-order valence-electron chi connectivity index (χ4n) is 1.72. The summed E-state index contributed by atoms with van der Waals surface area (Å²) in [5.74, 6) is 0.129. The van der Waals surface area contributed by atoms with Gasteiger partial charge in [0.05, 0.1) is 0 Å². The van der Waals surface area contributed by atoms with Gasteiger partial charge in [-0.25, -0.2) is 0 Å². The molecule has 82 valence electrons. The van der Waals surface area contributed by atoms with Gasteiger partial charge in [0.2, 0.25) is 6.54 Å². The maximum atomic E-state index is 10.7. The molecule has 0 aromatic rings. The Morgan fingerprint density at radius 3 is 2.29 bits per heavy atom. The molecule has 0 radical (unpaired) electrons. The van der Waals surface area contributed by atoms with Crippen molar-refractivity contribution in [3.63, 3.8) is 0 Å². The number of nitro groups is 1. The molecular weight excluding hydrogens is 182 g/mol. The lowest BCUT2D eigenvalue weighted by atomic mass is 9.85. The second-order valence-electron chi connectivity index (χ2n) is 4.11. The van der Waals surface area contributed by atoms with Crippen LogP contribution in [0.25, 0.3) is 0 Å².